The Balaban J connectivity index is 1.96. The highest BCUT2D eigenvalue weighted by Crippen LogP contribution is 2.34. The van der Waals surface area contributed by atoms with Gasteiger partial charge in [0.25, 0.3) is 0 Å². The van der Waals surface area contributed by atoms with Crippen LogP contribution in [0, 0.1) is 5.41 Å². The summed E-state index contributed by atoms with van der Waals surface area (Å²) >= 11 is 0. The Morgan fingerprint density at radius 2 is 2.19 bits per heavy atom. The molecule has 2 aliphatic heterocycles. The SMILES string of the molecule is CCC1(C(=O)O)CCCN(C(=O)N(C)CC2CCCO2)C1. The number of amides is 2. The van der Waals surface area contributed by atoms with Crippen molar-refractivity contribution in [2.75, 3.05) is 33.3 Å². The van der Waals surface area contributed by atoms with E-state index in [4.69, 9.17) is 4.74 Å². The number of ether oxygens (including phenoxy) is 1. The summed E-state index contributed by atoms with van der Waals surface area (Å²) in [5, 5.41) is 9.49. The number of carbonyl (C=O) groups is 2. The van der Waals surface area contributed by atoms with E-state index >= 15 is 0 Å². The zero-order chi connectivity index (χ0) is 15.5. The smallest absolute Gasteiger partial charge is 0.319 e. The molecule has 0 radical (unpaired) electrons. The molecule has 0 aromatic rings. The highest BCUT2D eigenvalue weighted by Gasteiger charge is 2.42. The third kappa shape index (κ3) is 3.48. The molecule has 0 aliphatic carbocycles. The van der Waals surface area contributed by atoms with Gasteiger partial charge in [-0.1, -0.05) is 6.92 Å². The molecule has 120 valence electrons. The number of urea groups is 1. The summed E-state index contributed by atoms with van der Waals surface area (Å²) in [5.41, 5.74) is -0.779. The molecule has 2 amide bonds. The monoisotopic (exact) mass is 298 g/mol. The number of aliphatic carboxylic acids is 1. The van der Waals surface area contributed by atoms with Crippen LogP contribution >= 0.6 is 0 Å². The fourth-order valence-corrected chi connectivity index (χ4v) is 3.32. The van der Waals surface area contributed by atoms with Gasteiger partial charge in [-0.05, 0) is 32.1 Å². The lowest BCUT2D eigenvalue weighted by molar-refractivity contribution is -0.152. The molecule has 2 fully saturated rings. The van der Waals surface area contributed by atoms with Crippen LogP contribution in [0.1, 0.15) is 39.0 Å². The van der Waals surface area contributed by atoms with Gasteiger partial charge in [-0.25, -0.2) is 4.79 Å². The number of likely N-dealkylation sites (tertiary alicyclic amines) is 1. The molecule has 0 saturated carbocycles. The molecule has 0 spiro atoms. The molecule has 6 nitrogen and oxygen atoms in total. The maximum atomic E-state index is 12.5. The van der Waals surface area contributed by atoms with Crippen molar-refractivity contribution >= 4 is 12.0 Å². The van der Waals surface area contributed by atoms with Crippen molar-refractivity contribution in [3.63, 3.8) is 0 Å². The zero-order valence-corrected chi connectivity index (χ0v) is 13.0. The Morgan fingerprint density at radius 3 is 2.76 bits per heavy atom. The van der Waals surface area contributed by atoms with Crippen LogP contribution in [0.25, 0.3) is 0 Å². The van der Waals surface area contributed by atoms with Crippen LogP contribution in [0.15, 0.2) is 0 Å². The summed E-state index contributed by atoms with van der Waals surface area (Å²) in [6.07, 6.45) is 4.12. The Bertz CT molecular complexity index is 395. The third-order valence-corrected chi connectivity index (χ3v) is 4.81. The number of carboxylic acids is 1. The average molecular weight is 298 g/mol. The number of hydrogen-bond donors (Lipinski definition) is 1. The van der Waals surface area contributed by atoms with Gasteiger partial charge < -0.3 is 19.6 Å². The van der Waals surface area contributed by atoms with E-state index in [2.05, 4.69) is 0 Å². The third-order valence-electron chi connectivity index (χ3n) is 4.81. The van der Waals surface area contributed by atoms with Crippen molar-refractivity contribution in [1.82, 2.24) is 9.80 Å². The fraction of sp³-hybridized carbons (Fsp3) is 0.867. The fourth-order valence-electron chi connectivity index (χ4n) is 3.32. The van der Waals surface area contributed by atoms with E-state index in [0.29, 0.717) is 32.5 Å². The van der Waals surface area contributed by atoms with Gasteiger partial charge in [-0.15, -0.1) is 0 Å². The number of carbonyl (C=O) groups excluding carboxylic acids is 1. The molecule has 0 aromatic carbocycles. The van der Waals surface area contributed by atoms with Crippen molar-refractivity contribution < 1.29 is 19.4 Å². The topological polar surface area (TPSA) is 70.1 Å². The number of hydrogen-bond acceptors (Lipinski definition) is 3. The normalized spacial score (nSPS) is 29.4. The van der Waals surface area contributed by atoms with Gasteiger partial charge in [-0.3, -0.25) is 4.79 Å². The summed E-state index contributed by atoms with van der Waals surface area (Å²) in [5.74, 6) is -0.788. The quantitative estimate of drug-likeness (QED) is 0.859. The van der Waals surface area contributed by atoms with E-state index in [0.717, 1.165) is 25.9 Å². The van der Waals surface area contributed by atoms with E-state index in [1.807, 2.05) is 6.92 Å². The lowest BCUT2D eigenvalue weighted by atomic mass is 9.78. The van der Waals surface area contributed by atoms with Gasteiger partial charge in [0.15, 0.2) is 0 Å². The lowest BCUT2D eigenvalue weighted by Gasteiger charge is -2.41. The molecule has 2 atom stereocenters. The average Bonchev–Trinajstić information content (AvgIpc) is 2.99. The molecule has 2 heterocycles. The minimum atomic E-state index is -0.788. The van der Waals surface area contributed by atoms with Crippen molar-refractivity contribution in [3.8, 4) is 0 Å². The van der Waals surface area contributed by atoms with Crippen LogP contribution in [0.2, 0.25) is 0 Å². The zero-order valence-electron chi connectivity index (χ0n) is 13.0. The van der Waals surface area contributed by atoms with Crippen molar-refractivity contribution in [2.24, 2.45) is 5.41 Å². The van der Waals surface area contributed by atoms with E-state index in [1.165, 1.54) is 0 Å². The summed E-state index contributed by atoms with van der Waals surface area (Å²) in [4.78, 5) is 27.4. The second kappa shape index (κ2) is 6.64. The van der Waals surface area contributed by atoms with Crippen molar-refractivity contribution in [3.05, 3.63) is 0 Å². The van der Waals surface area contributed by atoms with Gasteiger partial charge in [0.05, 0.1) is 11.5 Å². The lowest BCUT2D eigenvalue weighted by Crippen LogP contribution is -2.53. The highest BCUT2D eigenvalue weighted by atomic mass is 16.5. The summed E-state index contributed by atoms with van der Waals surface area (Å²) in [6, 6.07) is -0.0794. The van der Waals surface area contributed by atoms with Gasteiger partial charge >= 0.3 is 12.0 Å². The van der Waals surface area contributed by atoms with Crippen LogP contribution in [0.4, 0.5) is 4.79 Å². The van der Waals surface area contributed by atoms with Gasteiger partial charge in [0.2, 0.25) is 0 Å². The Kier molecular flexibility index (Phi) is 5.08. The second-order valence-corrected chi connectivity index (χ2v) is 6.26. The maximum absolute atomic E-state index is 12.5. The highest BCUT2D eigenvalue weighted by molar-refractivity contribution is 5.78. The molecule has 21 heavy (non-hydrogen) atoms. The molecule has 2 saturated heterocycles. The number of likely N-dealkylation sites (N-methyl/N-ethyl adjacent to an activating group) is 1. The first-order valence-electron chi connectivity index (χ1n) is 7.83. The van der Waals surface area contributed by atoms with Crippen LogP contribution in [0.5, 0.6) is 0 Å². The Labute approximate surface area is 126 Å². The van der Waals surface area contributed by atoms with E-state index in [-0.39, 0.29) is 12.1 Å². The molecule has 2 rings (SSSR count). The molecule has 2 aliphatic rings. The van der Waals surface area contributed by atoms with Gasteiger partial charge in [0, 0.05) is 33.3 Å². The molecule has 0 aromatic heterocycles. The van der Waals surface area contributed by atoms with Gasteiger partial charge in [0.1, 0.15) is 0 Å². The molecule has 6 heteroatoms. The molecular formula is C15H26N2O4. The molecular weight excluding hydrogens is 272 g/mol. The molecule has 1 N–H and O–H groups in total. The van der Waals surface area contributed by atoms with Crippen LogP contribution in [-0.4, -0.2) is 66.3 Å². The molecule has 0 bridgehead atoms. The molecule has 2 unspecified atom stereocenters. The summed E-state index contributed by atoms with van der Waals surface area (Å²) in [6.45, 7) is 4.20. The predicted octanol–water partition coefficient (Wildman–Crippen LogP) is 1.79. The standard InChI is InChI=1S/C15H26N2O4/c1-3-15(13(18)19)7-5-8-17(11-15)14(20)16(2)10-12-6-4-9-21-12/h12H,3-11H2,1-2H3,(H,18,19). The van der Waals surface area contributed by atoms with Gasteiger partial charge in [-0.2, -0.15) is 0 Å². The largest absolute Gasteiger partial charge is 0.481 e. The first-order valence-corrected chi connectivity index (χ1v) is 7.83. The van der Waals surface area contributed by atoms with E-state index in [1.54, 1.807) is 16.8 Å². The first-order chi connectivity index (χ1) is 9.98. The Morgan fingerprint density at radius 1 is 1.43 bits per heavy atom. The van der Waals surface area contributed by atoms with Crippen LogP contribution in [-0.2, 0) is 9.53 Å². The number of carboxylic acid groups (broad SMARTS) is 1. The summed E-state index contributed by atoms with van der Waals surface area (Å²) in [7, 11) is 1.77. The number of piperidine rings is 1. The van der Waals surface area contributed by atoms with Crippen LogP contribution in [0.3, 0.4) is 0 Å². The number of rotatable bonds is 4. The summed E-state index contributed by atoms with van der Waals surface area (Å²) < 4.78 is 5.55. The van der Waals surface area contributed by atoms with Crippen molar-refractivity contribution in [2.45, 2.75) is 45.1 Å². The van der Waals surface area contributed by atoms with E-state index < -0.39 is 11.4 Å². The minimum Gasteiger partial charge on any atom is -0.481 e. The van der Waals surface area contributed by atoms with Crippen LogP contribution < -0.4 is 0 Å². The minimum absolute atomic E-state index is 0.0794. The first kappa shape index (κ1) is 16.1. The second-order valence-electron chi connectivity index (χ2n) is 6.26. The van der Waals surface area contributed by atoms with E-state index in [9.17, 15) is 14.7 Å². The maximum Gasteiger partial charge on any atom is 0.319 e. The predicted molar refractivity (Wildman–Crippen MR) is 78.2 cm³/mol. The Hall–Kier alpha value is -1.30. The van der Waals surface area contributed by atoms with Crippen molar-refractivity contribution in [1.29, 1.82) is 0 Å². The number of nitrogens with zero attached hydrogens (tertiary/aromatic N) is 2.